The van der Waals surface area contributed by atoms with Gasteiger partial charge in [-0.25, -0.2) is 0 Å². The molecule has 4 aliphatic rings. The zero-order chi connectivity index (χ0) is 22.8. The van der Waals surface area contributed by atoms with Crippen molar-refractivity contribution < 1.29 is 28.6 Å². The second-order valence-electron chi connectivity index (χ2n) is 10.1. The van der Waals surface area contributed by atoms with Gasteiger partial charge in [-0.15, -0.1) is 12.6 Å². The smallest absolute Gasteiger partial charge is 0.306 e. The van der Waals surface area contributed by atoms with Gasteiger partial charge in [-0.2, -0.15) is 0 Å². The number of ether oxygens (including phenoxy) is 1. The van der Waals surface area contributed by atoms with Gasteiger partial charge in [0, 0.05) is 23.7 Å². The minimum absolute atomic E-state index is 0.0215. The molecule has 0 heterocycles. The Labute approximate surface area is 187 Å². The summed E-state index contributed by atoms with van der Waals surface area (Å²) >= 11 is 4.10. The van der Waals surface area contributed by atoms with E-state index in [0.29, 0.717) is 19.3 Å². The minimum Gasteiger partial charge on any atom is -0.449 e. The van der Waals surface area contributed by atoms with Crippen LogP contribution in [0.15, 0.2) is 23.8 Å². The van der Waals surface area contributed by atoms with E-state index in [-0.39, 0.29) is 36.4 Å². The summed E-state index contributed by atoms with van der Waals surface area (Å²) in [5.41, 5.74) is -2.47. The summed E-state index contributed by atoms with van der Waals surface area (Å²) in [6.45, 7) is 4.63. The van der Waals surface area contributed by atoms with Crippen LogP contribution < -0.4 is 0 Å². The fraction of sp³-hybridized carbons (Fsp3) is 0.708. The molecule has 0 bridgehead atoms. The predicted octanol–water partition coefficient (Wildman–Crippen LogP) is 3.61. The molecule has 4 aliphatic carbocycles. The molecule has 0 spiro atoms. The number of thiol groups is 1. The van der Waals surface area contributed by atoms with Gasteiger partial charge >= 0.3 is 5.97 Å². The molecule has 0 radical (unpaired) electrons. The molecule has 3 unspecified atom stereocenters. The number of carbonyl (C=O) groups excluding carboxylic acids is 3. The predicted molar refractivity (Wildman–Crippen MR) is 116 cm³/mol. The van der Waals surface area contributed by atoms with Crippen LogP contribution in [0.25, 0.3) is 0 Å². The van der Waals surface area contributed by atoms with Crippen molar-refractivity contribution in [3.05, 3.63) is 23.8 Å². The molecular weight excluding hydrogens is 419 g/mol. The molecule has 7 heteroatoms. The van der Waals surface area contributed by atoms with Crippen molar-refractivity contribution in [3.63, 3.8) is 0 Å². The molecule has 8 atom stereocenters. The van der Waals surface area contributed by atoms with Crippen LogP contribution in [0.4, 0.5) is 4.39 Å². The number of aliphatic hydroxyl groups excluding tert-OH is 1. The number of fused-ring (bicyclic) bond motifs is 5. The number of ketones is 1. The number of halogens is 1. The molecule has 0 aromatic carbocycles. The number of hydrogen-bond acceptors (Lipinski definition) is 5. The highest BCUT2D eigenvalue weighted by atomic mass is 32.1. The number of allylic oxidation sites excluding steroid dienone is 4. The number of esters is 1. The number of rotatable bonds is 4. The Morgan fingerprint density at radius 3 is 2.71 bits per heavy atom. The van der Waals surface area contributed by atoms with E-state index in [1.165, 1.54) is 0 Å². The van der Waals surface area contributed by atoms with E-state index >= 15 is 4.39 Å². The van der Waals surface area contributed by atoms with Gasteiger partial charge in [-0.1, -0.05) is 32.4 Å². The first-order valence-corrected chi connectivity index (χ1v) is 11.7. The van der Waals surface area contributed by atoms with Gasteiger partial charge in [-0.3, -0.25) is 18.8 Å². The van der Waals surface area contributed by atoms with Crippen molar-refractivity contribution in [1.82, 2.24) is 0 Å². The first-order chi connectivity index (χ1) is 14.6. The maximum absolute atomic E-state index is 15.1. The van der Waals surface area contributed by atoms with Crippen LogP contribution >= 0.6 is 12.6 Å². The number of aliphatic hydroxyl groups is 1. The first-order valence-electron chi connectivity index (χ1n) is 11.2. The maximum Gasteiger partial charge on any atom is 0.306 e. The molecule has 1 N–H and O–H groups in total. The second kappa shape index (κ2) is 7.55. The SMILES string of the molecule is CCC(=O)OC1(C(=O)S)C(C)C[C@H]2[C@@H]3CCC4=CC(=O)C=C[C@]4(C)[C@H]3C(O)C[C@@]21CF. The Kier molecular flexibility index (Phi) is 5.53. The van der Waals surface area contributed by atoms with Crippen LogP contribution in [0.5, 0.6) is 0 Å². The molecule has 3 fully saturated rings. The lowest BCUT2D eigenvalue weighted by Crippen LogP contribution is -2.65. The van der Waals surface area contributed by atoms with E-state index < -0.39 is 46.2 Å². The van der Waals surface area contributed by atoms with Crippen LogP contribution in [0.2, 0.25) is 0 Å². The molecule has 31 heavy (non-hydrogen) atoms. The van der Waals surface area contributed by atoms with Crippen LogP contribution in [0.3, 0.4) is 0 Å². The van der Waals surface area contributed by atoms with Crippen molar-refractivity contribution in [3.8, 4) is 0 Å². The summed E-state index contributed by atoms with van der Waals surface area (Å²) in [5.74, 6) is -1.50. The van der Waals surface area contributed by atoms with Crippen LogP contribution in [0, 0.1) is 34.5 Å². The first kappa shape index (κ1) is 22.7. The molecule has 0 aromatic heterocycles. The lowest BCUT2D eigenvalue weighted by atomic mass is 9.46. The fourth-order valence-electron chi connectivity index (χ4n) is 7.59. The third-order valence-corrected chi connectivity index (χ3v) is 9.21. The van der Waals surface area contributed by atoms with Gasteiger partial charge in [0.25, 0.3) is 0 Å². The van der Waals surface area contributed by atoms with Crippen molar-refractivity contribution in [2.45, 2.75) is 64.6 Å². The number of hydrogen-bond donors (Lipinski definition) is 2. The Morgan fingerprint density at radius 2 is 2.10 bits per heavy atom. The monoisotopic (exact) mass is 450 g/mol. The van der Waals surface area contributed by atoms with E-state index in [4.69, 9.17) is 4.74 Å². The van der Waals surface area contributed by atoms with Gasteiger partial charge in [0.2, 0.25) is 5.12 Å². The normalized spacial score (nSPS) is 45.9. The topological polar surface area (TPSA) is 80.7 Å². The summed E-state index contributed by atoms with van der Waals surface area (Å²) in [5, 5.41) is 10.8. The van der Waals surface area contributed by atoms with Gasteiger partial charge in [-0.05, 0) is 49.7 Å². The molecular formula is C24H31FO5S. The highest BCUT2D eigenvalue weighted by Crippen LogP contribution is 2.69. The lowest BCUT2D eigenvalue weighted by Gasteiger charge is -2.60. The summed E-state index contributed by atoms with van der Waals surface area (Å²) < 4.78 is 20.8. The summed E-state index contributed by atoms with van der Waals surface area (Å²) in [6.07, 6.45) is 6.21. The number of alkyl halides is 1. The highest BCUT2D eigenvalue weighted by Gasteiger charge is 2.74. The molecule has 0 amide bonds. The Hall–Kier alpha value is -1.47. The van der Waals surface area contributed by atoms with Crippen LogP contribution in [0.1, 0.15) is 52.9 Å². The summed E-state index contributed by atoms with van der Waals surface area (Å²) in [4.78, 5) is 37.2. The summed E-state index contributed by atoms with van der Waals surface area (Å²) in [7, 11) is 0. The fourth-order valence-corrected chi connectivity index (χ4v) is 8.08. The van der Waals surface area contributed by atoms with Gasteiger partial charge in [0.15, 0.2) is 11.4 Å². The zero-order valence-corrected chi connectivity index (χ0v) is 19.2. The number of carbonyl (C=O) groups is 3. The van der Waals surface area contributed by atoms with E-state index in [1.54, 1.807) is 19.1 Å². The Balaban J connectivity index is 1.82. The second-order valence-corrected chi connectivity index (χ2v) is 10.5. The minimum atomic E-state index is -1.69. The molecule has 0 aromatic rings. The van der Waals surface area contributed by atoms with Crippen molar-refractivity contribution in [2.24, 2.45) is 34.5 Å². The molecule has 3 saturated carbocycles. The Bertz CT molecular complexity index is 883. The van der Waals surface area contributed by atoms with E-state index in [9.17, 15) is 19.5 Å². The maximum atomic E-state index is 15.1. The molecule has 4 rings (SSSR count). The van der Waals surface area contributed by atoms with Crippen molar-refractivity contribution in [1.29, 1.82) is 0 Å². The van der Waals surface area contributed by atoms with E-state index in [2.05, 4.69) is 12.6 Å². The third-order valence-electron chi connectivity index (χ3n) is 8.88. The van der Waals surface area contributed by atoms with Crippen LogP contribution in [-0.4, -0.2) is 40.4 Å². The molecule has 0 saturated heterocycles. The largest absolute Gasteiger partial charge is 0.449 e. The quantitative estimate of drug-likeness (QED) is 0.505. The van der Waals surface area contributed by atoms with Crippen molar-refractivity contribution in [2.75, 3.05) is 6.67 Å². The average Bonchev–Trinajstić information content (AvgIpc) is 2.97. The molecule has 170 valence electrons. The molecule has 5 nitrogen and oxygen atoms in total. The lowest BCUT2D eigenvalue weighted by molar-refractivity contribution is -0.206. The average molecular weight is 451 g/mol. The van der Waals surface area contributed by atoms with Gasteiger partial charge < -0.3 is 9.84 Å². The Morgan fingerprint density at radius 1 is 1.39 bits per heavy atom. The standard InChI is InChI=1S/C24H31FO5S/c1-4-19(28)30-24(21(29)31)13(2)9-17-16-6-5-14-10-15(26)7-8-22(14,3)20(16)18(27)11-23(17,24)12-25/h7-8,10,13,16-18,20,27H,4-6,9,11-12H2,1-3H3,(H,29,31)/t13?,16-,17-,18?,20+,22-,23+,24?/m0/s1. The van der Waals surface area contributed by atoms with E-state index in [0.717, 1.165) is 5.57 Å². The van der Waals surface area contributed by atoms with Gasteiger partial charge in [0.05, 0.1) is 18.2 Å². The summed E-state index contributed by atoms with van der Waals surface area (Å²) in [6, 6.07) is 0. The van der Waals surface area contributed by atoms with Gasteiger partial charge in [0.1, 0.15) is 0 Å². The van der Waals surface area contributed by atoms with Crippen LogP contribution in [-0.2, 0) is 19.1 Å². The zero-order valence-electron chi connectivity index (χ0n) is 18.3. The highest BCUT2D eigenvalue weighted by molar-refractivity contribution is 7.96. The van der Waals surface area contributed by atoms with Crippen molar-refractivity contribution >= 4 is 29.5 Å². The molecule has 0 aliphatic heterocycles. The third kappa shape index (κ3) is 2.88. The van der Waals surface area contributed by atoms with E-state index in [1.807, 2.05) is 19.9 Å².